The van der Waals surface area contributed by atoms with Gasteiger partial charge in [-0.05, 0) is 17.7 Å². The molecular weight excluding hydrogens is 279 g/mol. The highest BCUT2D eigenvalue weighted by Crippen LogP contribution is 2.26. The molecule has 5 nitrogen and oxygen atoms in total. The highest BCUT2D eigenvalue weighted by Gasteiger charge is 2.31. The van der Waals surface area contributed by atoms with Crippen LogP contribution in [0.5, 0.6) is 5.75 Å². The van der Waals surface area contributed by atoms with Crippen LogP contribution in [0.1, 0.15) is 11.7 Å². The van der Waals surface area contributed by atoms with E-state index < -0.39 is 24.5 Å². The number of hydrogen-bond acceptors (Lipinski definition) is 4. The SMILES string of the molecule is O=C(O)C1COC(c2ccc(OC(F)(F)F)cc2)CN1. The number of benzene rings is 1. The summed E-state index contributed by atoms with van der Waals surface area (Å²) in [6, 6.07) is 4.52. The van der Waals surface area contributed by atoms with E-state index in [0.717, 1.165) is 0 Å². The van der Waals surface area contributed by atoms with Crippen LogP contribution < -0.4 is 10.1 Å². The third-order valence-electron chi connectivity index (χ3n) is 2.80. The summed E-state index contributed by atoms with van der Waals surface area (Å²) >= 11 is 0. The van der Waals surface area contributed by atoms with Crippen molar-refractivity contribution in [3.63, 3.8) is 0 Å². The number of nitrogens with one attached hydrogen (secondary N) is 1. The van der Waals surface area contributed by atoms with E-state index in [9.17, 15) is 18.0 Å². The lowest BCUT2D eigenvalue weighted by Crippen LogP contribution is -2.47. The molecule has 8 heteroatoms. The molecule has 1 aromatic rings. The van der Waals surface area contributed by atoms with Gasteiger partial charge >= 0.3 is 12.3 Å². The van der Waals surface area contributed by atoms with Crippen LogP contribution in [0.15, 0.2) is 24.3 Å². The summed E-state index contributed by atoms with van der Waals surface area (Å²) in [7, 11) is 0. The molecule has 0 spiro atoms. The van der Waals surface area contributed by atoms with Crippen LogP contribution in [0.4, 0.5) is 13.2 Å². The van der Waals surface area contributed by atoms with Crippen LogP contribution >= 0.6 is 0 Å². The van der Waals surface area contributed by atoms with Crippen molar-refractivity contribution in [1.82, 2.24) is 5.32 Å². The Hall–Kier alpha value is -1.80. The minimum atomic E-state index is -4.72. The zero-order chi connectivity index (χ0) is 14.8. The Morgan fingerprint density at radius 2 is 2.00 bits per heavy atom. The van der Waals surface area contributed by atoms with E-state index in [4.69, 9.17) is 9.84 Å². The minimum absolute atomic E-state index is 0.000796. The van der Waals surface area contributed by atoms with Crippen molar-refractivity contribution in [1.29, 1.82) is 0 Å². The first-order chi connectivity index (χ1) is 9.35. The molecule has 1 fully saturated rings. The van der Waals surface area contributed by atoms with Crippen LogP contribution in [0.3, 0.4) is 0 Å². The molecule has 0 saturated carbocycles. The molecule has 0 amide bonds. The molecule has 1 aliphatic heterocycles. The third kappa shape index (κ3) is 3.84. The summed E-state index contributed by atoms with van der Waals surface area (Å²) in [4.78, 5) is 10.7. The molecule has 0 aliphatic carbocycles. The Morgan fingerprint density at radius 1 is 1.35 bits per heavy atom. The second kappa shape index (κ2) is 5.68. The third-order valence-corrected chi connectivity index (χ3v) is 2.80. The monoisotopic (exact) mass is 291 g/mol. The fourth-order valence-corrected chi connectivity index (χ4v) is 1.84. The molecule has 0 bridgehead atoms. The van der Waals surface area contributed by atoms with Gasteiger partial charge in [-0.2, -0.15) is 0 Å². The number of carboxylic acids is 1. The smallest absolute Gasteiger partial charge is 0.480 e. The van der Waals surface area contributed by atoms with E-state index in [-0.39, 0.29) is 18.9 Å². The predicted molar refractivity (Wildman–Crippen MR) is 61.2 cm³/mol. The van der Waals surface area contributed by atoms with E-state index in [0.29, 0.717) is 5.56 Å². The highest BCUT2D eigenvalue weighted by molar-refractivity contribution is 5.73. The van der Waals surface area contributed by atoms with E-state index in [1.807, 2.05) is 0 Å². The van der Waals surface area contributed by atoms with E-state index in [1.165, 1.54) is 24.3 Å². The summed E-state index contributed by atoms with van der Waals surface area (Å²) < 4.78 is 45.1. The summed E-state index contributed by atoms with van der Waals surface area (Å²) in [6.45, 7) is 0.275. The van der Waals surface area contributed by atoms with Crippen molar-refractivity contribution in [2.45, 2.75) is 18.5 Å². The maximum absolute atomic E-state index is 12.0. The number of alkyl halides is 3. The first kappa shape index (κ1) is 14.6. The Kier molecular flexibility index (Phi) is 4.15. The topological polar surface area (TPSA) is 67.8 Å². The van der Waals surface area contributed by atoms with Crippen LogP contribution in [0, 0.1) is 0 Å². The Morgan fingerprint density at radius 3 is 2.45 bits per heavy atom. The van der Waals surface area contributed by atoms with Crippen LogP contribution in [0.25, 0.3) is 0 Å². The molecule has 1 saturated heterocycles. The lowest BCUT2D eigenvalue weighted by atomic mass is 10.1. The maximum Gasteiger partial charge on any atom is 0.573 e. The molecule has 1 heterocycles. The van der Waals surface area contributed by atoms with Crippen LogP contribution in [-0.4, -0.2) is 36.6 Å². The maximum atomic E-state index is 12.0. The van der Waals surface area contributed by atoms with E-state index in [2.05, 4.69) is 10.1 Å². The molecule has 1 aliphatic rings. The Labute approximate surface area is 112 Å². The van der Waals surface area contributed by atoms with E-state index >= 15 is 0 Å². The number of ether oxygens (including phenoxy) is 2. The first-order valence-electron chi connectivity index (χ1n) is 5.78. The first-order valence-corrected chi connectivity index (χ1v) is 5.78. The number of halogens is 3. The van der Waals surface area contributed by atoms with Gasteiger partial charge in [0.05, 0.1) is 12.7 Å². The summed E-state index contributed by atoms with van der Waals surface area (Å²) in [5, 5.41) is 11.6. The van der Waals surface area contributed by atoms with Gasteiger partial charge in [-0.15, -0.1) is 13.2 Å². The number of morpholine rings is 1. The normalized spacial score (nSPS) is 23.4. The quantitative estimate of drug-likeness (QED) is 0.887. The van der Waals surface area contributed by atoms with Gasteiger partial charge in [-0.3, -0.25) is 10.1 Å². The Balaban J connectivity index is 1.96. The number of aliphatic carboxylic acids is 1. The molecule has 0 radical (unpaired) electrons. The number of carbonyl (C=O) groups is 1. The number of hydrogen-bond donors (Lipinski definition) is 2. The molecule has 110 valence electrons. The van der Waals surface area contributed by atoms with Crippen molar-refractivity contribution in [3.05, 3.63) is 29.8 Å². The summed E-state index contributed by atoms with van der Waals surface area (Å²) in [5.41, 5.74) is 0.649. The van der Waals surface area contributed by atoms with Crippen LogP contribution in [0.2, 0.25) is 0 Å². The lowest BCUT2D eigenvalue weighted by molar-refractivity contribution is -0.274. The number of carboxylic acid groups (broad SMARTS) is 1. The average Bonchev–Trinajstić information content (AvgIpc) is 2.38. The molecule has 2 N–H and O–H groups in total. The second-order valence-corrected chi connectivity index (χ2v) is 4.24. The molecule has 20 heavy (non-hydrogen) atoms. The minimum Gasteiger partial charge on any atom is -0.480 e. The van der Waals surface area contributed by atoms with Crippen LogP contribution in [-0.2, 0) is 9.53 Å². The predicted octanol–water partition coefficient (Wildman–Crippen LogP) is 1.70. The zero-order valence-electron chi connectivity index (χ0n) is 10.2. The molecule has 2 unspecified atom stereocenters. The number of rotatable bonds is 3. The van der Waals surface area contributed by atoms with Crippen molar-refractivity contribution >= 4 is 5.97 Å². The van der Waals surface area contributed by atoms with E-state index in [1.54, 1.807) is 0 Å². The van der Waals surface area contributed by atoms with Gasteiger partial charge < -0.3 is 14.6 Å². The zero-order valence-corrected chi connectivity index (χ0v) is 10.2. The van der Waals surface area contributed by atoms with Crippen molar-refractivity contribution < 1.29 is 32.5 Å². The molecule has 1 aromatic carbocycles. The molecule has 0 aromatic heterocycles. The fourth-order valence-electron chi connectivity index (χ4n) is 1.84. The summed E-state index contributed by atoms with van der Waals surface area (Å²) in [5.74, 6) is -1.31. The second-order valence-electron chi connectivity index (χ2n) is 4.24. The molecule has 2 atom stereocenters. The largest absolute Gasteiger partial charge is 0.573 e. The van der Waals surface area contributed by atoms with Gasteiger partial charge in [0, 0.05) is 6.54 Å². The summed E-state index contributed by atoms with van der Waals surface area (Å²) in [6.07, 6.45) is -5.12. The molecular formula is C12H12F3NO4. The van der Waals surface area contributed by atoms with Gasteiger partial charge in [0.15, 0.2) is 0 Å². The average molecular weight is 291 g/mol. The van der Waals surface area contributed by atoms with Gasteiger partial charge in [-0.25, -0.2) is 0 Å². The molecule has 2 rings (SSSR count). The van der Waals surface area contributed by atoms with Crippen molar-refractivity contribution in [3.8, 4) is 5.75 Å². The van der Waals surface area contributed by atoms with Gasteiger partial charge in [0.1, 0.15) is 11.8 Å². The Bertz CT molecular complexity index is 467. The fraction of sp³-hybridized carbons (Fsp3) is 0.417. The van der Waals surface area contributed by atoms with Gasteiger partial charge in [-0.1, -0.05) is 12.1 Å². The lowest BCUT2D eigenvalue weighted by Gasteiger charge is -2.28. The van der Waals surface area contributed by atoms with Crippen molar-refractivity contribution in [2.75, 3.05) is 13.2 Å². The highest BCUT2D eigenvalue weighted by atomic mass is 19.4. The van der Waals surface area contributed by atoms with Gasteiger partial charge in [0.2, 0.25) is 0 Å². The standard InChI is InChI=1S/C12H12F3NO4/c13-12(14,15)20-8-3-1-7(2-4-8)10-5-16-9(6-19-10)11(17)18/h1-4,9-10,16H,5-6H2,(H,17,18). The van der Waals surface area contributed by atoms with Crippen molar-refractivity contribution in [2.24, 2.45) is 0 Å². The van der Waals surface area contributed by atoms with Gasteiger partial charge in [0.25, 0.3) is 0 Å².